The number of rotatable bonds is 2. The molecule has 0 N–H and O–H groups in total. The highest BCUT2D eigenvalue weighted by molar-refractivity contribution is 6.04. The van der Waals surface area contributed by atoms with E-state index in [1.807, 2.05) is 38.1 Å². The minimum Gasteiger partial charge on any atom is -0.466 e. The van der Waals surface area contributed by atoms with E-state index < -0.39 is 0 Å². The number of amides is 1. The van der Waals surface area contributed by atoms with Crippen LogP contribution in [0.3, 0.4) is 0 Å². The third-order valence-electron chi connectivity index (χ3n) is 4.46. The van der Waals surface area contributed by atoms with Crippen LogP contribution in [0.25, 0.3) is 11.0 Å². The molecule has 1 aliphatic heterocycles. The zero-order chi connectivity index (χ0) is 17.6. The maximum Gasteiger partial charge on any atom is 0.240 e. The van der Waals surface area contributed by atoms with Crippen molar-refractivity contribution in [3.63, 3.8) is 0 Å². The summed E-state index contributed by atoms with van der Waals surface area (Å²) in [4.78, 5) is 20.8. The molecule has 3 heterocycles. The summed E-state index contributed by atoms with van der Waals surface area (Å²) in [5, 5.41) is 6.12. The standard InChI is InChI=1S/C19H18N4O2/c1-11-8-15(12(2)25-11)17-10-19(23(22-17)13(3)24)14-4-5-16-18(9-14)21-7-6-20-16/h4-9,19H,10H2,1-3H3/t19-/m1/s1. The molecule has 0 bridgehead atoms. The number of nitrogens with zero attached hydrogens (tertiary/aromatic N) is 4. The molecule has 1 aromatic carbocycles. The Morgan fingerprint density at radius 3 is 2.60 bits per heavy atom. The second kappa shape index (κ2) is 5.81. The van der Waals surface area contributed by atoms with Crippen molar-refractivity contribution in [1.82, 2.24) is 15.0 Å². The fraction of sp³-hybridized carbons (Fsp3) is 0.263. The van der Waals surface area contributed by atoms with Gasteiger partial charge in [-0.2, -0.15) is 5.10 Å². The lowest BCUT2D eigenvalue weighted by molar-refractivity contribution is -0.130. The van der Waals surface area contributed by atoms with Gasteiger partial charge in [-0.25, -0.2) is 5.01 Å². The highest BCUT2D eigenvalue weighted by Gasteiger charge is 2.32. The lowest BCUT2D eigenvalue weighted by Gasteiger charge is -2.20. The van der Waals surface area contributed by atoms with E-state index in [0.717, 1.165) is 39.4 Å². The van der Waals surface area contributed by atoms with Crippen molar-refractivity contribution < 1.29 is 9.21 Å². The average Bonchev–Trinajstić information content (AvgIpc) is 3.17. The van der Waals surface area contributed by atoms with Crippen LogP contribution in [-0.2, 0) is 4.79 Å². The van der Waals surface area contributed by atoms with Crippen LogP contribution in [0.5, 0.6) is 0 Å². The number of furan rings is 1. The zero-order valence-corrected chi connectivity index (χ0v) is 14.4. The number of aromatic nitrogens is 2. The van der Waals surface area contributed by atoms with Gasteiger partial charge in [0, 0.05) is 31.3 Å². The van der Waals surface area contributed by atoms with Crippen LogP contribution in [0.15, 0.2) is 46.2 Å². The van der Waals surface area contributed by atoms with Crippen molar-refractivity contribution in [2.45, 2.75) is 33.2 Å². The van der Waals surface area contributed by atoms with Crippen molar-refractivity contribution in [3.8, 4) is 0 Å². The van der Waals surface area contributed by atoms with E-state index in [9.17, 15) is 4.79 Å². The SMILES string of the molecule is CC(=O)N1N=C(c2cc(C)oc2C)C[C@@H]1c1ccc2nccnc2c1. The van der Waals surface area contributed by atoms with Crippen molar-refractivity contribution in [1.29, 1.82) is 0 Å². The fourth-order valence-corrected chi connectivity index (χ4v) is 3.33. The Hall–Kier alpha value is -3.02. The molecule has 0 aliphatic carbocycles. The fourth-order valence-electron chi connectivity index (χ4n) is 3.33. The van der Waals surface area contributed by atoms with Gasteiger partial charge in [0.15, 0.2) is 0 Å². The number of fused-ring (bicyclic) bond motifs is 1. The van der Waals surface area contributed by atoms with Gasteiger partial charge in [-0.3, -0.25) is 14.8 Å². The summed E-state index contributed by atoms with van der Waals surface area (Å²) < 4.78 is 5.62. The van der Waals surface area contributed by atoms with Gasteiger partial charge in [0.1, 0.15) is 11.5 Å². The van der Waals surface area contributed by atoms with Crippen LogP contribution in [0, 0.1) is 13.8 Å². The first-order chi connectivity index (χ1) is 12.0. The Kier molecular flexibility index (Phi) is 3.60. The maximum absolute atomic E-state index is 12.1. The van der Waals surface area contributed by atoms with Crippen LogP contribution in [0.2, 0.25) is 0 Å². The van der Waals surface area contributed by atoms with Crippen LogP contribution in [-0.4, -0.2) is 26.6 Å². The normalized spacial score (nSPS) is 17.2. The largest absolute Gasteiger partial charge is 0.466 e. The molecule has 6 heteroatoms. The van der Waals surface area contributed by atoms with E-state index in [4.69, 9.17) is 4.42 Å². The minimum atomic E-state index is -0.145. The molecule has 0 radical (unpaired) electrons. The van der Waals surface area contributed by atoms with Gasteiger partial charge in [-0.15, -0.1) is 0 Å². The van der Waals surface area contributed by atoms with Gasteiger partial charge in [0.2, 0.25) is 5.91 Å². The second-order valence-corrected chi connectivity index (χ2v) is 6.26. The number of carbonyl (C=O) groups is 1. The second-order valence-electron chi connectivity index (χ2n) is 6.26. The average molecular weight is 334 g/mol. The summed E-state index contributed by atoms with van der Waals surface area (Å²) in [6.45, 7) is 5.36. The highest BCUT2D eigenvalue weighted by atomic mass is 16.3. The molecule has 1 atom stereocenters. The van der Waals surface area contributed by atoms with E-state index in [1.165, 1.54) is 6.92 Å². The Morgan fingerprint density at radius 2 is 1.92 bits per heavy atom. The summed E-state index contributed by atoms with van der Waals surface area (Å²) in [5.74, 6) is 1.58. The number of aryl methyl sites for hydroxylation is 2. The third kappa shape index (κ3) is 2.69. The molecule has 4 rings (SSSR count). The smallest absolute Gasteiger partial charge is 0.240 e. The van der Waals surface area contributed by atoms with Gasteiger partial charge in [0.05, 0.1) is 22.8 Å². The van der Waals surface area contributed by atoms with Gasteiger partial charge >= 0.3 is 0 Å². The first-order valence-corrected chi connectivity index (χ1v) is 8.18. The number of benzene rings is 1. The molecule has 0 saturated heterocycles. The Labute approximate surface area is 145 Å². The highest BCUT2D eigenvalue weighted by Crippen LogP contribution is 2.34. The minimum absolute atomic E-state index is 0.0860. The Morgan fingerprint density at radius 1 is 1.16 bits per heavy atom. The number of carbonyl (C=O) groups excluding carboxylic acids is 1. The molecular weight excluding hydrogens is 316 g/mol. The van der Waals surface area contributed by atoms with Crippen molar-refractivity contribution in [2.24, 2.45) is 5.10 Å². The summed E-state index contributed by atoms with van der Waals surface area (Å²) in [5.41, 5.74) is 4.48. The molecule has 0 unspecified atom stereocenters. The summed E-state index contributed by atoms with van der Waals surface area (Å²) >= 11 is 0. The molecule has 6 nitrogen and oxygen atoms in total. The van der Waals surface area contributed by atoms with E-state index in [1.54, 1.807) is 17.4 Å². The summed E-state index contributed by atoms with van der Waals surface area (Å²) in [6, 6.07) is 7.73. The van der Waals surface area contributed by atoms with Gasteiger partial charge in [0.25, 0.3) is 0 Å². The summed E-state index contributed by atoms with van der Waals surface area (Å²) in [6.07, 6.45) is 3.99. The van der Waals surface area contributed by atoms with Crippen LogP contribution in [0.4, 0.5) is 0 Å². The molecule has 3 aromatic rings. The summed E-state index contributed by atoms with van der Waals surface area (Å²) in [7, 11) is 0. The van der Waals surface area contributed by atoms with E-state index in [0.29, 0.717) is 6.42 Å². The van der Waals surface area contributed by atoms with E-state index in [2.05, 4.69) is 15.1 Å². The van der Waals surface area contributed by atoms with E-state index >= 15 is 0 Å². The van der Waals surface area contributed by atoms with Gasteiger partial charge < -0.3 is 4.42 Å². The first kappa shape index (κ1) is 15.5. The van der Waals surface area contributed by atoms with Crippen LogP contribution < -0.4 is 0 Å². The molecule has 0 fully saturated rings. The Balaban J connectivity index is 1.74. The first-order valence-electron chi connectivity index (χ1n) is 8.18. The van der Waals surface area contributed by atoms with Crippen LogP contribution >= 0.6 is 0 Å². The number of hydrazone groups is 1. The lowest BCUT2D eigenvalue weighted by Crippen LogP contribution is -2.24. The number of hydrogen-bond acceptors (Lipinski definition) is 5. The molecule has 0 saturated carbocycles. The molecular formula is C19H18N4O2. The molecule has 0 spiro atoms. The Bertz CT molecular complexity index is 1010. The molecule has 1 amide bonds. The van der Waals surface area contributed by atoms with Gasteiger partial charge in [-0.1, -0.05) is 6.07 Å². The lowest BCUT2D eigenvalue weighted by atomic mass is 9.98. The monoisotopic (exact) mass is 334 g/mol. The van der Waals surface area contributed by atoms with E-state index in [-0.39, 0.29) is 11.9 Å². The predicted octanol–water partition coefficient (Wildman–Crippen LogP) is 3.54. The third-order valence-corrected chi connectivity index (χ3v) is 4.46. The van der Waals surface area contributed by atoms with Crippen molar-refractivity contribution in [3.05, 3.63) is 59.3 Å². The predicted molar refractivity (Wildman–Crippen MR) is 94.1 cm³/mol. The van der Waals surface area contributed by atoms with Crippen molar-refractivity contribution >= 4 is 22.7 Å². The molecule has 2 aromatic heterocycles. The molecule has 1 aliphatic rings. The number of hydrogen-bond donors (Lipinski definition) is 0. The quantitative estimate of drug-likeness (QED) is 0.718. The van der Waals surface area contributed by atoms with Gasteiger partial charge in [-0.05, 0) is 37.6 Å². The zero-order valence-electron chi connectivity index (χ0n) is 14.4. The van der Waals surface area contributed by atoms with Crippen molar-refractivity contribution in [2.75, 3.05) is 0 Å². The molecule has 126 valence electrons. The molecule has 25 heavy (non-hydrogen) atoms. The van der Waals surface area contributed by atoms with Crippen LogP contribution in [0.1, 0.15) is 42.0 Å². The topological polar surface area (TPSA) is 71.6 Å². The maximum atomic E-state index is 12.1.